The van der Waals surface area contributed by atoms with Gasteiger partial charge in [-0.3, -0.25) is 9.59 Å². The van der Waals surface area contributed by atoms with E-state index in [4.69, 9.17) is 10.5 Å². The molecule has 0 aliphatic heterocycles. The summed E-state index contributed by atoms with van der Waals surface area (Å²) >= 11 is 0. The number of ketones is 1. The fraction of sp³-hybridized carbons (Fsp3) is 0.333. The molecular weight excluding hydrogens is 328 g/mol. The second kappa shape index (κ2) is 10.4. The molecule has 0 aliphatic rings. The van der Waals surface area contributed by atoms with Crippen LogP contribution in [0.3, 0.4) is 0 Å². The number of nitrogens with one attached hydrogen (secondary N) is 1. The van der Waals surface area contributed by atoms with Gasteiger partial charge in [0.2, 0.25) is 0 Å². The lowest BCUT2D eigenvalue weighted by molar-refractivity contribution is -0.123. The van der Waals surface area contributed by atoms with Crippen LogP contribution in [0.15, 0.2) is 54.6 Å². The third-order valence-corrected chi connectivity index (χ3v) is 4.08. The molecule has 0 fully saturated rings. The Balaban J connectivity index is 1.85. The van der Waals surface area contributed by atoms with Gasteiger partial charge < -0.3 is 15.8 Å². The molecule has 138 valence electrons. The number of nitrogens with two attached hydrogens (primary N) is 1. The van der Waals surface area contributed by atoms with Gasteiger partial charge in [-0.15, -0.1) is 0 Å². The van der Waals surface area contributed by atoms with Gasteiger partial charge in [-0.05, 0) is 30.7 Å². The summed E-state index contributed by atoms with van der Waals surface area (Å²) in [5, 5.41) is 2.88. The fourth-order valence-electron chi connectivity index (χ4n) is 2.58. The van der Waals surface area contributed by atoms with Crippen molar-refractivity contribution in [2.45, 2.75) is 32.2 Å². The van der Waals surface area contributed by atoms with Crippen molar-refractivity contribution in [2.75, 3.05) is 13.2 Å². The molecule has 2 aromatic rings. The Morgan fingerprint density at radius 3 is 2.31 bits per heavy atom. The maximum absolute atomic E-state index is 12.3. The molecule has 0 spiro atoms. The number of ether oxygens (including phenoxy) is 1. The van der Waals surface area contributed by atoms with E-state index in [-0.39, 0.29) is 24.3 Å². The van der Waals surface area contributed by atoms with E-state index in [2.05, 4.69) is 12.2 Å². The van der Waals surface area contributed by atoms with Crippen LogP contribution < -0.4 is 15.8 Å². The number of unbranched alkanes of at least 4 members (excludes halogenated alkanes) is 1. The van der Waals surface area contributed by atoms with E-state index in [0.29, 0.717) is 23.4 Å². The first kappa shape index (κ1) is 19.7. The minimum absolute atomic E-state index is 0.0167. The van der Waals surface area contributed by atoms with Crippen molar-refractivity contribution in [3.05, 3.63) is 65.7 Å². The molecule has 0 radical (unpaired) electrons. The zero-order valence-corrected chi connectivity index (χ0v) is 15.1. The van der Waals surface area contributed by atoms with Crippen LogP contribution in [0.2, 0.25) is 0 Å². The lowest BCUT2D eigenvalue weighted by atomic mass is 10.0. The highest BCUT2D eigenvalue weighted by atomic mass is 16.5. The van der Waals surface area contributed by atoms with E-state index >= 15 is 0 Å². The minimum atomic E-state index is -0.194. The van der Waals surface area contributed by atoms with E-state index in [1.165, 1.54) is 0 Å². The van der Waals surface area contributed by atoms with E-state index in [0.717, 1.165) is 19.3 Å². The largest absolute Gasteiger partial charge is 0.484 e. The zero-order valence-electron chi connectivity index (χ0n) is 15.1. The summed E-state index contributed by atoms with van der Waals surface area (Å²) < 4.78 is 5.49. The van der Waals surface area contributed by atoms with Crippen molar-refractivity contribution in [3.63, 3.8) is 0 Å². The molecule has 0 heterocycles. The van der Waals surface area contributed by atoms with Crippen molar-refractivity contribution >= 4 is 11.7 Å². The van der Waals surface area contributed by atoms with Crippen molar-refractivity contribution < 1.29 is 14.3 Å². The van der Waals surface area contributed by atoms with Crippen LogP contribution in [0.25, 0.3) is 0 Å². The topological polar surface area (TPSA) is 81.4 Å². The molecule has 0 saturated carbocycles. The van der Waals surface area contributed by atoms with E-state index in [1.54, 1.807) is 36.4 Å². The lowest BCUT2D eigenvalue weighted by Crippen LogP contribution is -2.42. The van der Waals surface area contributed by atoms with E-state index in [9.17, 15) is 9.59 Å². The molecule has 26 heavy (non-hydrogen) atoms. The molecule has 1 unspecified atom stereocenters. The molecule has 0 aliphatic carbocycles. The van der Waals surface area contributed by atoms with Gasteiger partial charge in [-0.1, -0.05) is 50.1 Å². The van der Waals surface area contributed by atoms with Crippen LogP contribution in [0, 0.1) is 0 Å². The number of carbonyl (C=O) groups excluding carboxylic acids is 2. The second-order valence-electron chi connectivity index (χ2n) is 6.15. The highest BCUT2D eigenvalue weighted by Gasteiger charge is 2.12. The van der Waals surface area contributed by atoms with E-state index in [1.807, 2.05) is 18.2 Å². The van der Waals surface area contributed by atoms with Gasteiger partial charge in [-0.2, -0.15) is 0 Å². The number of hydrogen-bond donors (Lipinski definition) is 2. The molecule has 5 heteroatoms. The van der Waals surface area contributed by atoms with E-state index < -0.39 is 0 Å². The quantitative estimate of drug-likeness (QED) is 0.643. The predicted molar refractivity (Wildman–Crippen MR) is 102 cm³/mol. The van der Waals surface area contributed by atoms with Crippen LogP contribution in [0.4, 0.5) is 0 Å². The Morgan fingerprint density at radius 1 is 1.04 bits per heavy atom. The van der Waals surface area contributed by atoms with Crippen LogP contribution >= 0.6 is 0 Å². The Labute approximate surface area is 154 Å². The summed E-state index contributed by atoms with van der Waals surface area (Å²) in [5.41, 5.74) is 6.89. The van der Waals surface area contributed by atoms with Crippen molar-refractivity contribution in [1.82, 2.24) is 5.32 Å². The smallest absolute Gasteiger partial charge is 0.258 e. The first-order chi connectivity index (χ1) is 12.6. The number of hydrogen-bond acceptors (Lipinski definition) is 4. The van der Waals surface area contributed by atoms with Crippen LogP contribution in [0.1, 0.15) is 42.1 Å². The van der Waals surface area contributed by atoms with Crippen LogP contribution in [0.5, 0.6) is 5.75 Å². The third kappa shape index (κ3) is 6.01. The molecule has 0 aromatic heterocycles. The monoisotopic (exact) mass is 354 g/mol. The van der Waals surface area contributed by atoms with Gasteiger partial charge in [0.05, 0.1) is 0 Å². The maximum atomic E-state index is 12.3. The molecule has 0 bridgehead atoms. The molecular formula is C21H26N2O3. The summed E-state index contributed by atoms with van der Waals surface area (Å²) in [6, 6.07) is 15.9. The van der Waals surface area contributed by atoms with Crippen molar-refractivity contribution in [3.8, 4) is 5.75 Å². The highest BCUT2D eigenvalue weighted by Crippen LogP contribution is 2.15. The first-order valence-electron chi connectivity index (χ1n) is 8.96. The molecule has 0 saturated heterocycles. The molecule has 1 amide bonds. The summed E-state index contributed by atoms with van der Waals surface area (Å²) in [5.74, 6) is 0.306. The summed E-state index contributed by atoms with van der Waals surface area (Å²) in [6.45, 7) is 2.45. The van der Waals surface area contributed by atoms with Crippen LogP contribution in [-0.2, 0) is 4.79 Å². The average molecular weight is 354 g/mol. The second-order valence-corrected chi connectivity index (χ2v) is 6.15. The van der Waals surface area contributed by atoms with Gasteiger partial charge in [0.1, 0.15) is 5.75 Å². The molecule has 2 rings (SSSR count). The number of carbonyl (C=O) groups is 2. The molecule has 5 nitrogen and oxygen atoms in total. The Kier molecular flexibility index (Phi) is 7.83. The average Bonchev–Trinajstić information content (AvgIpc) is 2.70. The van der Waals surface area contributed by atoms with Gasteiger partial charge in [0.15, 0.2) is 12.4 Å². The van der Waals surface area contributed by atoms with Gasteiger partial charge in [0.25, 0.3) is 5.91 Å². The minimum Gasteiger partial charge on any atom is -0.484 e. The standard InChI is InChI=1S/C21H26N2O3/c1-2-3-9-18(14-22)23-20(24)15-26-19-12-10-17(11-13-19)21(25)16-7-5-4-6-8-16/h4-8,10-13,18H,2-3,9,14-15,22H2,1H3,(H,23,24). The maximum Gasteiger partial charge on any atom is 0.258 e. The van der Waals surface area contributed by atoms with Gasteiger partial charge in [-0.25, -0.2) is 0 Å². The third-order valence-electron chi connectivity index (χ3n) is 4.08. The number of benzene rings is 2. The number of rotatable bonds is 10. The van der Waals surface area contributed by atoms with Gasteiger partial charge >= 0.3 is 0 Å². The fourth-order valence-corrected chi connectivity index (χ4v) is 2.58. The highest BCUT2D eigenvalue weighted by molar-refractivity contribution is 6.08. The predicted octanol–water partition coefficient (Wildman–Crippen LogP) is 2.93. The van der Waals surface area contributed by atoms with Gasteiger partial charge in [0, 0.05) is 23.7 Å². The summed E-state index contributed by atoms with van der Waals surface area (Å²) in [6.07, 6.45) is 2.96. The SMILES string of the molecule is CCCCC(CN)NC(=O)COc1ccc(C(=O)c2ccccc2)cc1. The van der Waals surface area contributed by atoms with Crippen molar-refractivity contribution in [1.29, 1.82) is 0 Å². The van der Waals surface area contributed by atoms with Crippen molar-refractivity contribution in [2.24, 2.45) is 5.73 Å². The number of amides is 1. The summed E-state index contributed by atoms with van der Waals surface area (Å²) in [4.78, 5) is 24.3. The lowest BCUT2D eigenvalue weighted by Gasteiger charge is -2.16. The summed E-state index contributed by atoms with van der Waals surface area (Å²) in [7, 11) is 0. The Morgan fingerprint density at radius 2 is 1.69 bits per heavy atom. The zero-order chi connectivity index (χ0) is 18.8. The van der Waals surface area contributed by atoms with Crippen LogP contribution in [-0.4, -0.2) is 30.9 Å². The first-order valence-corrected chi connectivity index (χ1v) is 8.96. The molecule has 2 aromatic carbocycles. The molecule has 1 atom stereocenters. The normalized spacial score (nSPS) is 11.6. The Hall–Kier alpha value is -2.66. The Bertz CT molecular complexity index is 699. The molecule has 3 N–H and O–H groups in total.